The summed E-state index contributed by atoms with van der Waals surface area (Å²) in [6.45, 7) is 0.729. The molecular formula is C17H21NO4S. The van der Waals surface area contributed by atoms with Crippen LogP contribution in [0.5, 0.6) is 0 Å². The predicted octanol–water partition coefficient (Wildman–Crippen LogP) is 2.26. The molecule has 1 saturated heterocycles. The van der Waals surface area contributed by atoms with E-state index in [4.69, 9.17) is 9.47 Å². The number of hydrogen-bond acceptors (Lipinski definition) is 4. The van der Waals surface area contributed by atoms with Crippen molar-refractivity contribution in [2.45, 2.75) is 23.5 Å². The molecule has 0 N–H and O–H groups in total. The van der Waals surface area contributed by atoms with Crippen molar-refractivity contribution in [2.24, 2.45) is 0 Å². The molecule has 1 aliphatic heterocycles. The van der Waals surface area contributed by atoms with Crippen molar-refractivity contribution in [3.63, 3.8) is 0 Å². The molecule has 2 atom stereocenters. The fourth-order valence-corrected chi connectivity index (χ4v) is 4.81. The maximum absolute atomic E-state index is 13.0. The summed E-state index contributed by atoms with van der Waals surface area (Å²) in [7, 11) is -0.375. The van der Waals surface area contributed by atoms with Crippen LogP contribution in [0.15, 0.2) is 47.4 Å². The van der Waals surface area contributed by atoms with E-state index in [0.717, 1.165) is 10.8 Å². The molecule has 0 radical (unpaired) electrons. The molecule has 0 amide bonds. The van der Waals surface area contributed by atoms with E-state index in [-0.39, 0.29) is 12.1 Å². The van der Waals surface area contributed by atoms with Crippen molar-refractivity contribution >= 4 is 20.8 Å². The molecule has 3 rings (SSSR count). The third-order valence-corrected chi connectivity index (χ3v) is 6.26. The molecule has 1 fully saturated rings. The van der Waals surface area contributed by atoms with Gasteiger partial charge in [0.25, 0.3) is 0 Å². The molecule has 2 aromatic carbocycles. The first kappa shape index (κ1) is 16.4. The third kappa shape index (κ3) is 3.12. The molecule has 124 valence electrons. The van der Waals surface area contributed by atoms with Crippen LogP contribution in [0.2, 0.25) is 0 Å². The van der Waals surface area contributed by atoms with Gasteiger partial charge in [-0.2, -0.15) is 4.31 Å². The highest BCUT2D eigenvalue weighted by Crippen LogP contribution is 2.29. The Morgan fingerprint density at radius 3 is 2.57 bits per heavy atom. The van der Waals surface area contributed by atoms with Gasteiger partial charge in [-0.05, 0) is 29.3 Å². The molecule has 0 saturated carbocycles. The largest absolute Gasteiger partial charge is 0.383 e. The number of hydrogen-bond donors (Lipinski definition) is 0. The summed E-state index contributed by atoms with van der Waals surface area (Å²) >= 11 is 0. The number of fused-ring (bicyclic) bond motifs is 1. The fourth-order valence-electron chi connectivity index (χ4n) is 3.12. The molecule has 23 heavy (non-hydrogen) atoms. The maximum atomic E-state index is 13.0. The standard InChI is InChI=1S/C17H21NO4S/c1-21-12-15-10-16(22-2)11-18(15)23(19,20)17-8-7-13-5-3-4-6-14(13)9-17/h3-9,15-16H,10-12H2,1-2H3/t15-,16-/m0/s1. The van der Waals surface area contributed by atoms with E-state index in [0.29, 0.717) is 24.5 Å². The first-order chi connectivity index (χ1) is 11.1. The smallest absolute Gasteiger partial charge is 0.243 e. The molecular weight excluding hydrogens is 314 g/mol. The SMILES string of the molecule is COC[C@@H]1C[C@H](OC)CN1S(=O)(=O)c1ccc2ccccc2c1. The Bertz CT molecular complexity index is 790. The van der Waals surface area contributed by atoms with Gasteiger partial charge < -0.3 is 9.47 Å². The second kappa shape index (κ2) is 6.57. The van der Waals surface area contributed by atoms with Crippen LogP contribution >= 0.6 is 0 Å². The van der Waals surface area contributed by atoms with Gasteiger partial charge in [-0.15, -0.1) is 0 Å². The zero-order valence-corrected chi connectivity index (χ0v) is 14.1. The fraction of sp³-hybridized carbons (Fsp3) is 0.412. The number of methoxy groups -OCH3 is 2. The summed E-state index contributed by atoms with van der Waals surface area (Å²) in [6.07, 6.45) is 0.558. The minimum atomic E-state index is -3.57. The third-order valence-electron chi connectivity index (χ3n) is 4.35. The molecule has 1 heterocycles. The minimum Gasteiger partial charge on any atom is -0.383 e. The minimum absolute atomic E-state index is 0.0922. The summed E-state index contributed by atoms with van der Waals surface area (Å²) in [6, 6.07) is 12.8. The Morgan fingerprint density at radius 1 is 1.13 bits per heavy atom. The molecule has 0 unspecified atom stereocenters. The average Bonchev–Trinajstić information content (AvgIpc) is 2.98. The lowest BCUT2D eigenvalue weighted by Crippen LogP contribution is -2.38. The predicted molar refractivity (Wildman–Crippen MR) is 88.9 cm³/mol. The zero-order chi connectivity index (χ0) is 16.4. The van der Waals surface area contributed by atoms with Crippen molar-refractivity contribution in [1.29, 1.82) is 0 Å². The lowest BCUT2D eigenvalue weighted by Gasteiger charge is -2.23. The molecule has 0 bridgehead atoms. The first-order valence-corrected chi connectivity index (χ1v) is 9.02. The summed E-state index contributed by atoms with van der Waals surface area (Å²) < 4.78 is 38.1. The van der Waals surface area contributed by atoms with Crippen LogP contribution in [0.1, 0.15) is 6.42 Å². The molecule has 0 spiro atoms. The van der Waals surface area contributed by atoms with Gasteiger partial charge in [0.15, 0.2) is 0 Å². The van der Waals surface area contributed by atoms with Crippen LogP contribution < -0.4 is 0 Å². The topological polar surface area (TPSA) is 55.8 Å². The zero-order valence-electron chi connectivity index (χ0n) is 13.3. The Hall–Kier alpha value is -1.47. The van der Waals surface area contributed by atoms with Crippen LogP contribution in [0, 0.1) is 0 Å². The van der Waals surface area contributed by atoms with Crippen LogP contribution in [0.3, 0.4) is 0 Å². The van der Waals surface area contributed by atoms with Crippen LogP contribution in [-0.4, -0.2) is 52.2 Å². The highest BCUT2D eigenvalue weighted by Gasteiger charge is 2.40. The highest BCUT2D eigenvalue weighted by atomic mass is 32.2. The lowest BCUT2D eigenvalue weighted by atomic mass is 10.1. The van der Waals surface area contributed by atoms with Gasteiger partial charge in [-0.25, -0.2) is 8.42 Å². The van der Waals surface area contributed by atoms with E-state index in [1.807, 2.05) is 30.3 Å². The van der Waals surface area contributed by atoms with Crippen molar-refractivity contribution < 1.29 is 17.9 Å². The highest BCUT2D eigenvalue weighted by molar-refractivity contribution is 7.89. The van der Waals surface area contributed by atoms with Gasteiger partial charge >= 0.3 is 0 Å². The summed E-state index contributed by atoms with van der Waals surface area (Å²) in [5.41, 5.74) is 0. The number of nitrogens with zero attached hydrogens (tertiary/aromatic N) is 1. The van der Waals surface area contributed by atoms with E-state index >= 15 is 0 Å². The summed E-state index contributed by atoms with van der Waals surface area (Å²) in [5, 5.41) is 1.94. The Kier molecular flexibility index (Phi) is 4.68. The summed E-state index contributed by atoms with van der Waals surface area (Å²) in [5.74, 6) is 0. The summed E-state index contributed by atoms with van der Waals surface area (Å²) in [4.78, 5) is 0.314. The molecule has 0 aliphatic carbocycles. The van der Waals surface area contributed by atoms with E-state index in [9.17, 15) is 8.42 Å². The first-order valence-electron chi connectivity index (χ1n) is 7.58. The second-order valence-electron chi connectivity index (χ2n) is 5.79. The molecule has 0 aromatic heterocycles. The number of benzene rings is 2. The van der Waals surface area contributed by atoms with Crippen molar-refractivity contribution in [3.05, 3.63) is 42.5 Å². The van der Waals surface area contributed by atoms with Gasteiger partial charge in [0, 0.05) is 20.8 Å². The number of sulfonamides is 1. The monoisotopic (exact) mass is 335 g/mol. The Balaban J connectivity index is 1.98. The van der Waals surface area contributed by atoms with Crippen LogP contribution in [-0.2, 0) is 19.5 Å². The molecule has 5 nitrogen and oxygen atoms in total. The van der Waals surface area contributed by atoms with Gasteiger partial charge in [0.2, 0.25) is 10.0 Å². The van der Waals surface area contributed by atoms with E-state index in [1.54, 1.807) is 26.4 Å². The lowest BCUT2D eigenvalue weighted by molar-refractivity contribution is 0.110. The Morgan fingerprint density at radius 2 is 1.87 bits per heavy atom. The van der Waals surface area contributed by atoms with Gasteiger partial charge in [0.05, 0.1) is 23.6 Å². The van der Waals surface area contributed by atoms with Crippen molar-refractivity contribution in [3.8, 4) is 0 Å². The van der Waals surface area contributed by atoms with Crippen LogP contribution in [0.4, 0.5) is 0 Å². The van der Waals surface area contributed by atoms with Crippen LogP contribution in [0.25, 0.3) is 10.8 Å². The van der Waals surface area contributed by atoms with Gasteiger partial charge in [0.1, 0.15) is 0 Å². The van der Waals surface area contributed by atoms with Crippen molar-refractivity contribution in [1.82, 2.24) is 4.31 Å². The maximum Gasteiger partial charge on any atom is 0.243 e. The number of ether oxygens (including phenoxy) is 2. The van der Waals surface area contributed by atoms with E-state index in [1.165, 1.54) is 4.31 Å². The quantitative estimate of drug-likeness (QED) is 0.841. The second-order valence-corrected chi connectivity index (χ2v) is 7.68. The average molecular weight is 335 g/mol. The Labute approximate surface area is 136 Å². The van der Waals surface area contributed by atoms with Gasteiger partial charge in [-0.1, -0.05) is 30.3 Å². The van der Waals surface area contributed by atoms with Crippen molar-refractivity contribution in [2.75, 3.05) is 27.4 Å². The van der Waals surface area contributed by atoms with E-state index < -0.39 is 10.0 Å². The van der Waals surface area contributed by atoms with Gasteiger partial charge in [-0.3, -0.25) is 0 Å². The van der Waals surface area contributed by atoms with E-state index in [2.05, 4.69) is 0 Å². The normalized spacial score (nSPS) is 22.7. The molecule has 6 heteroatoms. The molecule has 1 aliphatic rings. The number of rotatable bonds is 5. The molecule has 2 aromatic rings.